The average Bonchev–Trinajstić information content (AvgIpc) is 2.67. The molecule has 2 saturated heterocycles. The van der Waals surface area contributed by atoms with Crippen LogP contribution in [0.1, 0.15) is 41.9 Å². The molecule has 0 saturated carbocycles. The van der Waals surface area contributed by atoms with Gasteiger partial charge in [0.15, 0.2) is 0 Å². The van der Waals surface area contributed by atoms with Crippen LogP contribution in [0.4, 0.5) is 5.95 Å². The Morgan fingerprint density at radius 1 is 1.15 bits per heavy atom. The zero-order valence-corrected chi connectivity index (χ0v) is 14.8. The molecule has 8 nitrogen and oxygen atoms in total. The topological polar surface area (TPSA) is 93.1 Å². The van der Waals surface area contributed by atoms with E-state index in [1.54, 1.807) is 31.0 Å². The lowest BCUT2D eigenvalue weighted by Crippen LogP contribution is -2.60. The molecule has 2 aromatic heterocycles. The predicted molar refractivity (Wildman–Crippen MR) is 94.5 cm³/mol. The number of rotatable bonds is 4. The van der Waals surface area contributed by atoms with E-state index in [4.69, 9.17) is 4.74 Å². The quantitative estimate of drug-likeness (QED) is 0.893. The first-order valence-electron chi connectivity index (χ1n) is 8.87. The van der Waals surface area contributed by atoms with Gasteiger partial charge in [0.05, 0.1) is 23.5 Å². The van der Waals surface area contributed by atoms with Gasteiger partial charge in [0.25, 0.3) is 5.91 Å². The van der Waals surface area contributed by atoms with Crippen LogP contribution < -0.4 is 5.32 Å². The van der Waals surface area contributed by atoms with Gasteiger partial charge in [-0.2, -0.15) is 0 Å². The fourth-order valence-electron chi connectivity index (χ4n) is 3.53. The summed E-state index contributed by atoms with van der Waals surface area (Å²) < 4.78 is 5.42. The van der Waals surface area contributed by atoms with Crippen LogP contribution in [0.5, 0.6) is 0 Å². The second-order valence-corrected chi connectivity index (χ2v) is 7.07. The molecular formula is C18H22N6O2. The van der Waals surface area contributed by atoms with Gasteiger partial charge in [-0.05, 0) is 19.8 Å². The highest BCUT2D eigenvalue weighted by Crippen LogP contribution is 2.40. The Hall–Kier alpha value is -2.61. The molecule has 2 aliphatic heterocycles. The molecule has 0 aliphatic carbocycles. The Kier molecular flexibility index (Phi) is 4.50. The number of nitrogens with one attached hydrogen (secondary N) is 1. The number of likely N-dealkylation sites (tertiary alicyclic amines) is 1. The molecule has 1 amide bonds. The van der Waals surface area contributed by atoms with E-state index in [1.807, 2.05) is 11.8 Å². The van der Waals surface area contributed by atoms with Crippen LogP contribution in [0.2, 0.25) is 0 Å². The smallest absolute Gasteiger partial charge is 0.257 e. The van der Waals surface area contributed by atoms with Gasteiger partial charge in [-0.15, -0.1) is 0 Å². The summed E-state index contributed by atoms with van der Waals surface area (Å²) in [6, 6.07) is -0.0750. The third-order valence-electron chi connectivity index (χ3n) is 5.16. The molecule has 26 heavy (non-hydrogen) atoms. The number of carbonyl (C=O) groups excluding carboxylic acids is 1. The number of hydrogen-bond acceptors (Lipinski definition) is 7. The monoisotopic (exact) mass is 354 g/mol. The molecular weight excluding hydrogens is 332 g/mol. The minimum atomic E-state index is -0.0750. The normalized spacial score (nSPS) is 19.7. The van der Waals surface area contributed by atoms with E-state index in [-0.39, 0.29) is 17.4 Å². The molecule has 136 valence electrons. The summed E-state index contributed by atoms with van der Waals surface area (Å²) in [6.07, 6.45) is 10.2. The first-order valence-corrected chi connectivity index (χ1v) is 8.87. The SMILES string of the molecule is CC(Nc1ncc(C(=O)N2CC3(CCOCC3)C2)cn1)c1cnccn1. The Labute approximate surface area is 152 Å². The Morgan fingerprint density at radius 2 is 1.88 bits per heavy atom. The number of aromatic nitrogens is 4. The summed E-state index contributed by atoms with van der Waals surface area (Å²) in [4.78, 5) is 31.3. The van der Waals surface area contributed by atoms with Crippen molar-refractivity contribution in [3.8, 4) is 0 Å². The summed E-state index contributed by atoms with van der Waals surface area (Å²) in [5, 5.41) is 3.16. The van der Waals surface area contributed by atoms with Gasteiger partial charge < -0.3 is 15.0 Å². The first-order chi connectivity index (χ1) is 12.7. The molecule has 0 aromatic carbocycles. The zero-order valence-electron chi connectivity index (χ0n) is 14.8. The van der Waals surface area contributed by atoms with E-state index in [0.29, 0.717) is 11.5 Å². The van der Waals surface area contributed by atoms with E-state index in [9.17, 15) is 4.79 Å². The lowest BCUT2D eigenvalue weighted by molar-refractivity contribution is -0.0666. The van der Waals surface area contributed by atoms with Gasteiger partial charge in [-0.25, -0.2) is 9.97 Å². The predicted octanol–water partition coefficient (Wildman–Crippen LogP) is 1.69. The third-order valence-corrected chi connectivity index (χ3v) is 5.16. The van der Waals surface area contributed by atoms with E-state index in [2.05, 4.69) is 25.3 Å². The zero-order chi connectivity index (χ0) is 18.0. The third kappa shape index (κ3) is 3.37. The Balaban J connectivity index is 1.35. The molecule has 4 heterocycles. The number of nitrogens with zero attached hydrogens (tertiary/aromatic N) is 5. The molecule has 8 heteroatoms. The van der Waals surface area contributed by atoms with Crippen molar-refractivity contribution in [3.05, 3.63) is 42.2 Å². The average molecular weight is 354 g/mol. The molecule has 0 radical (unpaired) electrons. The lowest BCUT2D eigenvalue weighted by Gasteiger charge is -2.52. The van der Waals surface area contributed by atoms with Crippen molar-refractivity contribution in [3.63, 3.8) is 0 Å². The first kappa shape index (κ1) is 16.8. The van der Waals surface area contributed by atoms with E-state index >= 15 is 0 Å². The number of hydrogen-bond donors (Lipinski definition) is 1. The minimum absolute atomic E-state index is 0.00404. The van der Waals surface area contributed by atoms with Gasteiger partial charge in [0, 0.05) is 56.5 Å². The van der Waals surface area contributed by atoms with Crippen LogP contribution in [0.3, 0.4) is 0 Å². The van der Waals surface area contributed by atoms with Crippen molar-refractivity contribution in [1.29, 1.82) is 0 Å². The van der Waals surface area contributed by atoms with Crippen LogP contribution in [-0.4, -0.2) is 57.0 Å². The van der Waals surface area contributed by atoms with Crippen LogP contribution in [0, 0.1) is 5.41 Å². The van der Waals surface area contributed by atoms with Gasteiger partial charge >= 0.3 is 0 Å². The van der Waals surface area contributed by atoms with Gasteiger partial charge in [-0.3, -0.25) is 14.8 Å². The Morgan fingerprint density at radius 3 is 2.54 bits per heavy atom. The molecule has 1 N–H and O–H groups in total. The molecule has 1 atom stereocenters. The van der Waals surface area contributed by atoms with E-state index in [1.165, 1.54) is 0 Å². The summed E-state index contributed by atoms with van der Waals surface area (Å²) in [5.74, 6) is 0.458. The van der Waals surface area contributed by atoms with Gasteiger partial charge in [0.1, 0.15) is 0 Å². The largest absolute Gasteiger partial charge is 0.381 e. The van der Waals surface area contributed by atoms with Crippen molar-refractivity contribution in [2.75, 3.05) is 31.6 Å². The summed E-state index contributed by atoms with van der Waals surface area (Å²) in [5.41, 5.74) is 1.59. The summed E-state index contributed by atoms with van der Waals surface area (Å²) >= 11 is 0. The number of ether oxygens (including phenoxy) is 1. The van der Waals surface area contributed by atoms with E-state index in [0.717, 1.165) is 44.8 Å². The molecule has 2 fully saturated rings. The molecule has 0 bridgehead atoms. The second-order valence-electron chi connectivity index (χ2n) is 7.07. The van der Waals surface area contributed by atoms with Crippen molar-refractivity contribution >= 4 is 11.9 Å². The minimum Gasteiger partial charge on any atom is -0.381 e. The maximum Gasteiger partial charge on any atom is 0.257 e. The molecule has 2 aromatic rings. The molecule has 1 spiro atoms. The van der Waals surface area contributed by atoms with Crippen LogP contribution >= 0.6 is 0 Å². The fourth-order valence-corrected chi connectivity index (χ4v) is 3.53. The van der Waals surface area contributed by atoms with Gasteiger partial charge in [-0.1, -0.05) is 0 Å². The molecule has 4 rings (SSSR count). The van der Waals surface area contributed by atoms with E-state index < -0.39 is 0 Å². The summed E-state index contributed by atoms with van der Waals surface area (Å²) in [6.45, 7) is 5.17. The number of amides is 1. The van der Waals surface area contributed by atoms with Crippen LogP contribution in [0.15, 0.2) is 31.0 Å². The molecule has 2 aliphatic rings. The van der Waals surface area contributed by atoms with Crippen molar-refractivity contribution in [1.82, 2.24) is 24.8 Å². The highest BCUT2D eigenvalue weighted by atomic mass is 16.5. The molecule has 1 unspecified atom stereocenters. The van der Waals surface area contributed by atoms with Crippen LogP contribution in [-0.2, 0) is 4.74 Å². The van der Waals surface area contributed by atoms with Crippen molar-refractivity contribution in [2.24, 2.45) is 5.41 Å². The van der Waals surface area contributed by atoms with Gasteiger partial charge in [0.2, 0.25) is 5.95 Å². The van der Waals surface area contributed by atoms with Crippen LogP contribution in [0.25, 0.3) is 0 Å². The number of carbonyl (C=O) groups is 1. The highest BCUT2D eigenvalue weighted by Gasteiger charge is 2.45. The van der Waals surface area contributed by atoms with Crippen molar-refractivity contribution < 1.29 is 9.53 Å². The second kappa shape index (κ2) is 6.95. The Bertz CT molecular complexity index is 753. The fraction of sp³-hybridized carbons (Fsp3) is 0.500. The lowest BCUT2D eigenvalue weighted by atomic mass is 9.73. The standard InChI is InChI=1S/C18H22N6O2/c1-13(15-10-19-4-5-20-15)23-17-21-8-14(9-22-17)16(25)24-11-18(12-24)2-6-26-7-3-18/h4-5,8-10,13H,2-3,6-7,11-12H2,1H3,(H,21,22,23). The van der Waals surface area contributed by atoms with Crippen molar-refractivity contribution in [2.45, 2.75) is 25.8 Å². The maximum atomic E-state index is 12.6. The maximum absolute atomic E-state index is 12.6. The summed E-state index contributed by atoms with van der Waals surface area (Å²) in [7, 11) is 0. The highest BCUT2D eigenvalue weighted by molar-refractivity contribution is 5.94. The number of anilines is 1.